The fourth-order valence-electron chi connectivity index (χ4n) is 4.31. The summed E-state index contributed by atoms with van der Waals surface area (Å²) in [5.41, 5.74) is 4.07. The normalized spacial score (nSPS) is 15.8. The molecule has 0 aliphatic carbocycles. The topological polar surface area (TPSA) is 95.6 Å². The molecule has 8 heteroatoms. The fraction of sp³-hybridized carbons (Fsp3) is 0.259. The van der Waals surface area contributed by atoms with E-state index in [4.69, 9.17) is 0 Å². The number of carbonyl (C=O) groups excluding carboxylic acids is 2. The van der Waals surface area contributed by atoms with Crippen molar-refractivity contribution in [1.82, 2.24) is 4.31 Å². The molecule has 1 atom stereocenters. The Balaban J connectivity index is 1.62. The van der Waals surface area contributed by atoms with Gasteiger partial charge in [-0.05, 0) is 60.4 Å². The van der Waals surface area contributed by atoms with Crippen LogP contribution in [0.15, 0.2) is 77.7 Å². The average molecular weight is 492 g/mol. The lowest BCUT2D eigenvalue weighted by atomic mass is 9.92. The van der Waals surface area contributed by atoms with E-state index in [1.165, 1.54) is 16.4 Å². The molecule has 2 amide bonds. The summed E-state index contributed by atoms with van der Waals surface area (Å²) in [5, 5.41) is 5.66. The molecule has 1 aliphatic rings. The van der Waals surface area contributed by atoms with Crippen molar-refractivity contribution in [3.63, 3.8) is 0 Å². The smallest absolute Gasteiger partial charge is 0.243 e. The molecule has 35 heavy (non-hydrogen) atoms. The number of nitrogens with zero attached hydrogens (tertiary/aromatic N) is 1. The van der Waals surface area contributed by atoms with Gasteiger partial charge in [-0.25, -0.2) is 8.42 Å². The zero-order chi connectivity index (χ0) is 25.0. The third kappa shape index (κ3) is 5.44. The van der Waals surface area contributed by atoms with Gasteiger partial charge in [-0.2, -0.15) is 4.31 Å². The first-order chi connectivity index (χ1) is 16.8. The summed E-state index contributed by atoms with van der Waals surface area (Å²) >= 11 is 0. The van der Waals surface area contributed by atoms with Gasteiger partial charge in [-0.1, -0.05) is 49.4 Å². The molecule has 7 nitrogen and oxygen atoms in total. The number of sulfonamides is 1. The first-order valence-corrected chi connectivity index (χ1v) is 13.1. The first-order valence-electron chi connectivity index (χ1n) is 11.6. The van der Waals surface area contributed by atoms with E-state index < -0.39 is 16.1 Å². The maximum absolute atomic E-state index is 13.7. The van der Waals surface area contributed by atoms with Gasteiger partial charge in [0.25, 0.3) is 0 Å². The molecule has 2 N–H and O–H groups in total. The van der Waals surface area contributed by atoms with Gasteiger partial charge in [0, 0.05) is 30.8 Å². The number of amides is 2. The van der Waals surface area contributed by atoms with Crippen molar-refractivity contribution in [2.24, 2.45) is 0 Å². The van der Waals surface area contributed by atoms with E-state index in [1.54, 1.807) is 19.1 Å². The Morgan fingerprint density at radius 2 is 1.60 bits per heavy atom. The maximum Gasteiger partial charge on any atom is 0.243 e. The van der Waals surface area contributed by atoms with Crippen molar-refractivity contribution in [3.8, 4) is 0 Å². The van der Waals surface area contributed by atoms with Crippen LogP contribution in [0.5, 0.6) is 0 Å². The lowest BCUT2D eigenvalue weighted by molar-refractivity contribution is -0.117. The van der Waals surface area contributed by atoms with Crippen molar-refractivity contribution < 1.29 is 18.0 Å². The highest BCUT2D eigenvalue weighted by Gasteiger charge is 2.37. The van der Waals surface area contributed by atoms with Crippen LogP contribution in [0.25, 0.3) is 0 Å². The Labute approximate surface area is 206 Å². The number of hydrogen-bond donors (Lipinski definition) is 2. The molecule has 0 saturated carbocycles. The number of benzene rings is 3. The highest BCUT2D eigenvalue weighted by molar-refractivity contribution is 7.89. The van der Waals surface area contributed by atoms with Gasteiger partial charge in [0.1, 0.15) is 0 Å². The molecule has 1 heterocycles. The molecule has 3 aromatic rings. The molecule has 0 saturated heterocycles. The zero-order valence-electron chi connectivity index (χ0n) is 19.8. The molecular weight excluding hydrogens is 462 g/mol. The zero-order valence-corrected chi connectivity index (χ0v) is 20.6. The van der Waals surface area contributed by atoms with Crippen LogP contribution in [0.1, 0.15) is 42.5 Å². The molecule has 1 aliphatic heterocycles. The maximum atomic E-state index is 13.7. The molecule has 3 aromatic carbocycles. The quantitative estimate of drug-likeness (QED) is 0.502. The largest absolute Gasteiger partial charge is 0.326 e. The minimum atomic E-state index is -3.89. The molecule has 182 valence electrons. The van der Waals surface area contributed by atoms with E-state index in [0.29, 0.717) is 24.2 Å². The first kappa shape index (κ1) is 24.6. The fourth-order valence-corrected chi connectivity index (χ4v) is 5.92. The van der Waals surface area contributed by atoms with Gasteiger partial charge in [0.2, 0.25) is 21.8 Å². The minimum absolute atomic E-state index is 0.00474. The summed E-state index contributed by atoms with van der Waals surface area (Å²) in [5.74, 6) is -0.396. The van der Waals surface area contributed by atoms with Crippen molar-refractivity contribution in [1.29, 1.82) is 0 Å². The Morgan fingerprint density at radius 1 is 0.914 bits per heavy atom. The van der Waals surface area contributed by atoms with Crippen molar-refractivity contribution in [2.45, 2.75) is 44.0 Å². The Bertz CT molecular complexity index is 1340. The van der Waals surface area contributed by atoms with Crippen molar-refractivity contribution in [3.05, 3.63) is 89.5 Å². The summed E-state index contributed by atoms with van der Waals surface area (Å²) in [6, 6.07) is 20.7. The van der Waals surface area contributed by atoms with E-state index in [-0.39, 0.29) is 29.7 Å². The lowest BCUT2D eigenvalue weighted by Gasteiger charge is -2.36. The van der Waals surface area contributed by atoms with Gasteiger partial charge in [0.05, 0.1) is 10.9 Å². The van der Waals surface area contributed by atoms with Crippen LogP contribution in [0.2, 0.25) is 0 Å². The summed E-state index contributed by atoms with van der Waals surface area (Å²) in [7, 11) is -3.89. The number of para-hydroxylation sites is 1. The number of rotatable bonds is 7. The van der Waals surface area contributed by atoms with Crippen LogP contribution in [-0.2, 0) is 26.0 Å². The van der Waals surface area contributed by atoms with E-state index in [1.807, 2.05) is 55.5 Å². The van der Waals surface area contributed by atoms with Gasteiger partial charge < -0.3 is 10.6 Å². The van der Waals surface area contributed by atoms with E-state index >= 15 is 0 Å². The van der Waals surface area contributed by atoms with Crippen molar-refractivity contribution in [2.75, 3.05) is 17.2 Å². The SMILES string of the molecule is CCC(=O)Nc1ccc(S(=O)(=O)N2CCc3ccccc3[C@H]2CC(=O)Nc2ccccc2C)cc1. The summed E-state index contributed by atoms with van der Waals surface area (Å²) < 4.78 is 28.8. The van der Waals surface area contributed by atoms with Crippen LogP contribution >= 0.6 is 0 Å². The molecule has 0 aromatic heterocycles. The van der Waals surface area contributed by atoms with Crippen LogP contribution in [-0.4, -0.2) is 31.1 Å². The number of carbonyl (C=O) groups is 2. The Morgan fingerprint density at radius 3 is 2.31 bits per heavy atom. The van der Waals surface area contributed by atoms with Crippen LogP contribution in [0, 0.1) is 6.92 Å². The second-order valence-corrected chi connectivity index (χ2v) is 10.5. The van der Waals surface area contributed by atoms with Gasteiger partial charge in [0.15, 0.2) is 0 Å². The third-order valence-electron chi connectivity index (χ3n) is 6.23. The minimum Gasteiger partial charge on any atom is -0.326 e. The van der Waals surface area contributed by atoms with Gasteiger partial charge in [-0.15, -0.1) is 0 Å². The predicted molar refractivity (Wildman–Crippen MR) is 137 cm³/mol. The predicted octanol–water partition coefficient (Wildman–Crippen LogP) is 4.66. The van der Waals surface area contributed by atoms with E-state index in [2.05, 4.69) is 10.6 Å². The lowest BCUT2D eigenvalue weighted by Crippen LogP contribution is -2.41. The number of anilines is 2. The standard InChI is InChI=1S/C27H29N3O4S/c1-3-26(31)28-21-12-14-22(15-13-21)35(33,34)30-17-16-20-9-5-6-10-23(20)25(30)18-27(32)29-24-11-7-4-8-19(24)2/h4-15,25H,3,16-18H2,1-2H3,(H,28,31)(H,29,32)/t25-/m1/s1. The van der Waals surface area contributed by atoms with Gasteiger partial charge >= 0.3 is 0 Å². The Hall–Kier alpha value is -3.49. The number of hydrogen-bond acceptors (Lipinski definition) is 4. The Kier molecular flexibility index (Phi) is 7.33. The third-order valence-corrected chi connectivity index (χ3v) is 8.15. The second kappa shape index (κ2) is 10.4. The molecule has 0 radical (unpaired) electrons. The summed E-state index contributed by atoms with van der Waals surface area (Å²) in [6.07, 6.45) is 0.894. The van der Waals surface area contributed by atoms with Crippen LogP contribution in [0.3, 0.4) is 0 Å². The van der Waals surface area contributed by atoms with Crippen LogP contribution < -0.4 is 10.6 Å². The number of fused-ring (bicyclic) bond motifs is 1. The highest BCUT2D eigenvalue weighted by Crippen LogP contribution is 2.37. The highest BCUT2D eigenvalue weighted by atomic mass is 32.2. The number of nitrogens with one attached hydrogen (secondary N) is 2. The summed E-state index contributed by atoms with van der Waals surface area (Å²) in [6.45, 7) is 3.93. The van der Waals surface area contributed by atoms with Crippen LogP contribution in [0.4, 0.5) is 11.4 Å². The van der Waals surface area contributed by atoms with Gasteiger partial charge in [-0.3, -0.25) is 9.59 Å². The second-order valence-electron chi connectivity index (χ2n) is 8.57. The molecule has 0 unspecified atom stereocenters. The van der Waals surface area contributed by atoms with E-state index in [0.717, 1.165) is 16.7 Å². The summed E-state index contributed by atoms with van der Waals surface area (Å²) in [4.78, 5) is 24.8. The molecular formula is C27H29N3O4S. The van der Waals surface area contributed by atoms with Crippen molar-refractivity contribution >= 4 is 33.2 Å². The van der Waals surface area contributed by atoms with E-state index in [9.17, 15) is 18.0 Å². The average Bonchev–Trinajstić information content (AvgIpc) is 2.85. The number of aryl methyl sites for hydroxylation is 1. The monoisotopic (exact) mass is 491 g/mol. The molecule has 0 fully saturated rings. The molecule has 0 bridgehead atoms. The molecule has 0 spiro atoms. The molecule has 4 rings (SSSR count).